The maximum absolute atomic E-state index is 5.52. The van der Waals surface area contributed by atoms with Crippen molar-refractivity contribution in [2.45, 2.75) is 26.8 Å². The van der Waals surface area contributed by atoms with Gasteiger partial charge in [0.1, 0.15) is 13.1 Å². The highest BCUT2D eigenvalue weighted by atomic mass is 16.5. The van der Waals surface area contributed by atoms with Gasteiger partial charge in [0.15, 0.2) is 6.04 Å². The molecule has 1 aliphatic rings. The lowest BCUT2D eigenvalue weighted by atomic mass is 10.0. The molecule has 0 aliphatic carbocycles. The van der Waals surface area contributed by atoms with Gasteiger partial charge >= 0.3 is 0 Å². The van der Waals surface area contributed by atoms with Crippen molar-refractivity contribution in [2.24, 2.45) is 5.10 Å². The van der Waals surface area contributed by atoms with Gasteiger partial charge in [-0.05, 0) is 26.8 Å². The second-order valence-electron chi connectivity index (χ2n) is 6.45. The minimum atomic E-state index is 0.198. The van der Waals surface area contributed by atoms with Crippen LogP contribution in [0, 0.1) is 13.8 Å². The van der Waals surface area contributed by atoms with Crippen LogP contribution in [-0.2, 0) is 4.74 Å². The molecule has 0 bridgehead atoms. The number of rotatable bonds is 5. The fraction of sp³-hybridized carbons (Fsp3) is 0.421. The van der Waals surface area contributed by atoms with Gasteiger partial charge in [-0.25, -0.2) is 15.4 Å². The second-order valence-corrected chi connectivity index (χ2v) is 6.45. The Morgan fingerprint density at radius 3 is 2.40 bits per heavy atom. The van der Waals surface area contributed by atoms with Gasteiger partial charge in [0, 0.05) is 17.0 Å². The van der Waals surface area contributed by atoms with Crippen LogP contribution in [0.1, 0.15) is 29.9 Å². The van der Waals surface area contributed by atoms with Crippen LogP contribution >= 0.6 is 0 Å². The molecule has 2 heterocycles. The van der Waals surface area contributed by atoms with E-state index >= 15 is 0 Å². The summed E-state index contributed by atoms with van der Waals surface area (Å²) >= 11 is 0. The summed E-state index contributed by atoms with van der Waals surface area (Å²) in [4.78, 5) is 10.3. The molecule has 2 N–H and O–H groups in total. The van der Waals surface area contributed by atoms with Crippen molar-refractivity contribution < 1.29 is 9.64 Å². The largest absolute Gasteiger partial charge is 0.370 e. The van der Waals surface area contributed by atoms with E-state index in [-0.39, 0.29) is 6.04 Å². The molecule has 1 saturated heterocycles. The minimum Gasteiger partial charge on any atom is -0.370 e. The molecule has 6 heteroatoms. The molecule has 0 unspecified atom stereocenters. The quantitative estimate of drug-likeness (QED) is 0.640. The fourth-order valence-corrected chi connectivity index (χ4v) is 3.32. The zero-order valence-corrected chi connectivity index (χ0v) is 15.1. The molecule has 1 aromatic heterocycles. The molecule has 0 amide bonds. The van der Waals surface area contributed by atoms with Crippen molar-refractivity contribution in [1.29, 1.82) is 0 Å². The average molecular weight is 340 g/mol. The van der Waals surface area contributed by atoms with Crippen molar-refractivity contribution in [3.05, 3.63) is 53.3 Å². The van der Waals surface area contributed by atoms with E-state index in [0.29, 0.717) is 5.95 Å². The highest BCUT2D eigenvalue weighted by Crippen LogP contribution is 2.13. The number of hydrogen-bond donors (Lipinski definition) is 2. The molecule has 2 aromatic rings. The number of nitrogens with zero attached hydrogens (tertiary/aromatic N) is 3. The van der Waals surface area contributed by atoms with Crippen LogP contribution in [0.3, 0.4) is 0 Å². The van der Waals surface area contributed by atoms with Gasteiger partial charge in [0.2, 0.25) is 5.95 Å². The topological polar surface area (TPSA) is 63.8 Å². The van der Waals surface area contributed by atoms with Crippen molar-refractivity contribution in [2.75, 3.05) is 31.7 Å². The molecule has 132 valence electrons. The van der Waals surface area contributed by atoms with Crippen LogP contribution in [0.5, 0.6) is 0 Å². The van der Waals surface area contributed by atoms with Crippen LogP contribution in [0.2, 0.25) is 0 Å². The van der Waals surface area contributed by atoms with Gasteiger partial charge in [0.25, 0.3) is 0 Å². The SMILES string of the molecule is C/C(=N/Nc1nc(C)cc(C)n1)[C@@H](c1ccccc1)[NH+]1CCOCC1. The van der Waals surface area contributed by atoms with Gasteiger partial charge in [-0.3, -0.25) is 0 Å². The lowest BCUT2D eigenvalue weighted by molar-refractivity contribution is -0.928. The van der Waals surface area contributed by atoms with Gasteiger partial charge < -0.3 is 9.64 Å². The number of nitrogens with one attached hydrogen (secondary N) is 2. The van der Waals surface area contributed by atoms with Gasteiger partial charge in [-0.2, -0.15) is 5.10 Å². The van der Waals surface area contributed by atoms with E-state index in [4.69, 9.17) is 4.74 Å². The molecule has 6 nitrogen and oxygen atoms in total. The highest BCUT2D eigenvalue weighted by molar-refractivity contribution is 5.87. The molecular weight excluding hydrogens is 314 g/mol. The highest BCUT2D eigenvalue weighted by Gasteiger charge is 2.29. The van der Waals surface area contributed by atoms with Crippen molar-refractivity contribution in [1.82, 2.24) is 9.97 Å². The van der Waals surface area contributed by atoms with E-state index in [1.54, 1.807) is 0 Å². The van der Waals surface area contributed by atoms with Crippen molar-refractivity contribution in [3.8, 4) is 0 Å². The first kappa shape index (κ1) is 17.5. The number of hydrogen-bond acceptors (Lipinski definition) is 5. The van der Waals surface area contributed by atoms with Crippen LogP contribution in [0.15, 0.2) is 41.5 Å². The van der Waals surface area contributed by atoms with Crippen LogP contribution in [-0.4, -0.2) is 42.0 Å². The Morgan fingerprint density at radius 1 is 1.12 bits per heavy atom. The van der Waals surface area contributed by atoms with Crippen LogP contribution in [0.25, 0.3) is 0 Å². The average Bonchev–Trinajstić information content (AvgIpc) is 2.61. The normalized spacial score (nSPS) is 17.3. The lowest BCUT2D eigenvalue weighted by Crippen LogP contribution is -3.15. The Kier molecular flexibility index (Phi) is 5.73. The van der Waals surface area contributed by atoms with E-state index in [2.05, 4.69) is 51.7 Å². The third kappa shape index (κ3) is 4.61. The number of morpholine rings is 1. The predicted octanol–water partition coefficient (Wildman–Crippen LogP) is 1.54. The molecule has 1 aliphatic heterocycles. The summed E-state index contributed by atoms with van der Waals surface area (Å²) in [6.07, 6.45) is 0. The second kappa shape index (κ2) is 8.18. The lowest BCUT2D eigenvalue weighted by Gasteiger charge is -2.31. The number of anilines is 1. The van der Waals surface area contributed by atoms with E-state index in [1.807, 2.05) is 26.0 Å². The molecular formula is C19H26N5O+. The molecule has 3 rings (SSSR count). The summed E-state index contributed by atoms with van der Waals surface area (Å²) in [5, 5.41) is 4.61. The standard InChI is InChI=1S/C19H25N5O/c1-14-13-15(2)21-19(20-14)23-22-16(3)18(17-7-5-4-6-8-17)24-9-11-25-12-10-24/h4-8,13,18H,9-12H2,1-3H3,(H,20,21,23)/p+1/b22-16-/t18-/m0/s1. The van der Waals surface area contributed by atoms with Crippen LogP contribution in [0.4, 0.5) is 5.95 Å². The number of ether oxygens (including phenoxy) is 1. The number of quaternary nitrogens is 1. The first-order valence-corrected chi connectivity index (χ1v) is 8.73. The minimum absolute atomic E-state index is 0.198. The molecule has 0 radical (unpaired) electrons. The third-order valence-corrected chi connectivity index (χ3v) is 4.41. The smallest absolute Gasteiger partial charge is 0.243 e. The Bertz CT molecular complexity index is 706. The predicted molar refractivity (Wildman–Crippen MR) is 98.9 cm³/mol. The maximum atomic E-state index is 5.52. The van der Waals surface area contributed by atoms with Crippen molar-refractivity contribution >= 4 is 11.7 Å². The third-order valence-electron chi connectivity index (χ3n) is 4.41. The molecule has 0 saturated carbocycles. The Balaban J connectivity index is 1.83. The summed E-state index contributed by atoms with van der Waals surface area (Å²) in [5.41, 5.74) is 7.19. The summed E-state index contributed by atoms with van der Waals surface area (Å²) < 4.78 is 5.52. The van der Waals surface area contributed by atoms with Gasteiger partial charge in [-0.15, -0.1) is 0 Å². The first-order valence-electron chi connectivity index (χ1n) is 8.73. The van der Waals surface area contributed by atoms with Crippen molar-refractivity contribution in [3.63, 3.8) is 0 Å². The van der Waals surface area contributed by atoms with Gasteiger partial charge in [-0.1, -0.05) is 30.3 Å². The number of benzene rings is 1. The molecule has 0 spiro atoms. The summed E-state index contributed by atoms with van der Waals surface area (Å²) in [6.45, 7) is 9.52. The zero-order chi connectivity index (χ0) is 17.6. The van der Waals surface area contributed by atoms with E-state index < -0.39 is 0 Å². The van der Waals surface area contributed by atoms with E-state index in [9.17, 15) is 0 Å². The first-order chi connectivity index (χ1) is 12.1. The summed E-state index contributed by atoms with van der Waals surface area (Å²) in [6, 6.07) is 12.7. The Morgan fingerprint density at radius 2 is 1.76 bits per heavy atom. The molecule has 1 atom stereocenters. The van der Waals surface area contributed by atoms with Gasteiger partial charge in [0.05, 0.1) is 18.9 Å². The Hall–Kier alpha value is -2.31. The fourth-order valence-electron chi connectivity index (χ4n) is 3.32. The number of hydrazone groups is 1. The zero-order valence-electron chi connectivity index (χ0n) is 15.1. The molecule has 25 heavy (non-hydrogen) atoms. The van der Waals surface area contributed by atoms with Crippen LogP contribution < -0.4 is 10.3 Å². The molecule has 1 fully saturated rings. The maximum Gasteiger partial charge on any atom is 0.243 e. The summed E-state index contributed by atoms with van der Waals surface area (Å²) in [7, 11) is 0. The Labute approximate surface area is 148 Å². The molecule has 1 aromatic carbocycles. The monoisotopic (exact) mass is 340 g/mol. The van der Waals surface area contributed by atoms with E-state index in [1.165, 1.54) is 10.5 Å². The van der Waals surface area contributed by atoms with E-state index in [0.717, 1.165) is 43.4 Å². The number of aryl methyl sites for hydroxylation is 2. The summed E-state index contributed by atoms with van der Waals surface area (Å²) in [5.74, 6) is 0.542. The number of aromatic nitrogens is 2.